The minimum Gasteiger partial charge on any atom is -0.459 e. The Bertz CT molecular complexity index is 2110. The standard InChI is InChI=1S/C48H59N3O11/c1-6-23-50(46(55)60-35-19-17-34(18-20-35)51(56)57)43-30-41(49-62-47(3,4)5)39-28-33(14-8-10-24-52)38(16-9-11-25-53)44-40-29-37(59-36-15-12-13-32(27-36)31-54)21-22-42(40)61-48(43,45(39)44)58-26-7-2/h7,12-13,15,17-22,27-29,31,33,38,43-45,52-53H,2,6,8-11,14,16,23-26,30H2,1,3-5H3. The highest BCUT2D eigenvalue weighted by Gasteiger charge is 2.65. The van der Waals surface area contributed by atoms with Gasteiger partial charge < -0.3 is 34.0 Å². The summed E-state index contributed by atoms with van der Waals surface area (Å²) in [6.45, 7) is 12.1. The van der Waals surface area contributed by atoms with Crippen LogP contribution in [0.4, 0.5) is 10.5 Å². The molecule has 2 aliphatic carbocycles. The quantitative estimate of drug-likeness (QED) is 0.0363. The number of non-ortho nitro benzene ring substituents is 1. The van der Waals surface area contributed by atoms with Gasteiger partial charge in [0, 0.05) is 55.4 Å². The molecule has 14 heteroatoms. The molecule has 3 aliphatic rings. The van der Waals surface area contributed by atoms with E-state index in [0.717, 1.165) is 43.1 Å². The molecule has 0 radical (unpaired) electrons. The van der Waals surface area contributed by atoms with Gasteiger partial charge >= 0.3 is 6.09 Å². The number of aldehydes is 1. The van der Waals surface area contributed by atoms with E-state index in [-0.39, 0.29) is 62.0 Å². The molecular formula is C48H59N3O11. The normalized spacial score (nSPS) is 23.2. The van der Waals surface area contributed by atoms with Crippen LogP contribution in [0.15, 0.2) is 96.2 Å². The van der Waals surface area contributed by atoms with Crippen LogP contribution in [0.25, 0.3) is 0 Å². The summed E-state index contributed by atoms with van der Waals surface area (Å²) in [6, 6.07) is 17.1. The minimum atomic E-state index is -1.52. The fraction of sp³-hybridized carbons (Fsp3) is 0.479. The molecule has 6 rings (SSSR count). The van der Waals surface area contributed by atoms with E-state index >= 15 is 0 Å². The molecule has 0 bridgehead atoms. The molecule has 6 atom stereocenters. The van der Waals surface area contributed by atoms with Crippen molar-refractivity contribution in [1.29, 1.82) is 0 Å². The summed E-state index contributed by atoms with van der Waals surface area (Å²) < 4.78 is 26.7. The number of unbranched alkanes of at least 4 members (excludes halogenated alkanes) is 2. The highest BCUT2D eigenvalue weighted by molar-refractivity contribution is 6.03. The smallest absolute Gasteiger partial charge is 0.415 e. The number of amides is 1. The lowest BCUT2D eigenvalue weighted by Crippen LogP contribution is -2.70. The van der Waals surface area contributed by atoms with Crippen molar-refractivity contribution < 1.29 is 48.5 Å². The molecule has 2 N–H and O–H groups in total. The summed E-state index contributed by atoms with van der Waals surface area (Å²) in [5.74, 6) is -0.682. The zero-order chi connectivity index (χ0) is 44.4. The van der Waals surface area contributed by atoms with Crippen molar-refractivity contribution in [3.63, 3.8) is 0 Å². The molecule has 0 saturated heterocycles. The molecule has 1 saturated carbocycles. The van der Waals surface area contributed by atoms with Crippen LogP contribution >= 0.6 is 0 Å². The molecule has 1 aliphatic heterocycles. The van der Waals surface area contributed by atoms with Crippen LogP contribution < -0.4 is 14.2 Å². The number of aliphatic hydroxyl groups is 2. The van der Waals surface area contributed by atoms with Gasteiger partial charge in [0.2, 0.25) is 5.79 Å². The Morgan fingerprint density at radius 2 is 1.73 bits per heavy atom. The van der Waals surface area contributed by atoms with Crippen molar-refractivity contribution in [2.45, 2.75) is 102 Å². The Morgan fingerprint density at radius 3 is 2.39 bits per heavy atom. The van der Waals surface area contributed by atoms with E-state index in [1.165, 1.54) is 24.3 Å². The number of rotatable bonds is 20. The summed E-state index contributed by atoms with van der Waals surface area (Å²) in [7, 11) is 0. The zero-order valence-electron chi connectivity index (χ0n) is 36.1. The molecule has 3 aromatic rings. The van der Waals surface area contributed by atoms with E-state index in [2.05, 4.69) is 12.7 Å². The highest BCUT2D eigenvalue weighted by atomic mass is 16.7. The lowest BCUT2D eigenvalue weighted by molar-refractivity contribution is -0.384. The number of nitro groups is 1. The fourth-order valence-electron chi connectivity index (χ4n) is 9.10. The molecule has 0 spiro atoms. The van der Waals surface area contributed by atoms with Gasteiger partial charge in [-0.25, -0.2) is 4.79 Å². The van der Waals surface area contributed by atoms with Gasteiger partial charge in [0.15, 0.2) is 0 Å². The largest absolute Gasteiger partial charge is 0.459 e. The highest BCUT2D eigenvalue weighted by Crippen LogP contribution is 2.62. The topological polar surface area (TPSA) is 179 Å². The number of hydrogen-bond donors (Lipinski definition) is 2. The minimum absolute atomic E-state index is 0.0172. The third kappa shape index (κ3) is 10.4. The first-order chi connectivity index (χ1) is 29.9. The number of allylic oxidation sites excluding steroid dienone is 1. The van der Waals surface area contributed by atoms with Crippen LogP contribution in [-0.2, 0) is 9.57 Å². The Hall–Kier alpha value is -5.57. The molecule has 1 heterocycles. The third-order valence-corrected chi connectivity index (χ3v) is 11.6. The van der Waals surface area contributed by atoms with Crippen LogP contribution in [0.5, 0.6) is 23.0 Å². The van der Waals surface area contributed by atoms with Gasteiger partial charge in [-0.3, -0.25) is 19.8 Å². The molecule has 1 fully saturated rings. The number of nitro benzene ring substituents is 1. The maximum absolute atomic E-state index is 14.6. The average molecular weight is 854 g/mol. The SMILES string of the molecule is C=CCOC12Oc3ccc(Oc4cccc(C=O)c4)cc3C3C(CCCCO)C(CCCCO)C=C(C(=NOC(C)(C)C)CC1N(CCC)C(=O)Oc1ccc([N+](=O)[O-])cc1)C32. The average Bonchev–Trinajstić information content (AvgIpc) is 3.25. The number of oxime groups is 1. The summed E-state index contributed by atoms with van der Waals surface area (Å²) in [5, 5.41) is 36.1. The van der Waals surface area contributed by atoms with Gasteiger partial charge in [0.1, 0.15) is 40.9 Å². The Balaban J connectivity index is 1.58. The number of nitrogens with zero attached hydrogens (tertiary/aromatic N) is 3. The van der Waals surface area contributed by atoms with Crippen molar-refractivity contribution in [3.05, 3.63) is 112 Å². The number of carbonyl (C=O) groups is 2. The Morgan fingerprint density at radius 1 is 1.02 bits per heavy atom. The van der Waals surface area contributed by atoms with Gasteiger partial charge in [-0.2, -0.15) is 0 Å². The molecule has 62 heavy (non-hydrogen) atoms. The summed E-state index contributed by atoms with van der Waals surface area (Å²) in [6.07, 6.45) is 9.01. The van der Waals surface area contributed by atoms with Crippen molar-refractivity contribution in [2.24, 2.45) is 22.9 Å². The summed E-state index contributed by atoms with van der Waals surface area (Å²) in [5.41, 5.74) is 2.07. The van der Waals surface area contributed by atoms with E-state index < -0.39 is 34.4 Å². The molecule has 1 amide bonds. The van der Waals surface area contributed by atoms with Gasteiger partial charge in [-0.1, -0.05) is 49.2 Å². The predicted octanol–water partition coefficient (Wildman–Crippen LogP) is 9.54. The first-order valence-corrected chi connectivity index (χ1v) is 21.6. The number of ether oxygens (including phenoxy) is 4. The molecule has 332 valence electrons. The van der Waals surface area contributed by atoms with E-state index in [9.17, 15) is 29.9 Å². The van der Waals surface area contributed by atoms with E-state index in [0.29, 0.717) is 47.8 Å². The first kappa shape index (κ1) is 45.9. The Labute approximate surface area is 363 Å². The molecule has 3 aromatic carbocycles. The van der Waals surface area contributed by atoms with E-state index in [1.807, 2.05) is 45.9 Å². The Kier molecular flexibility index (Phi) is 15.2. The maximum atomic E-state index is 14.6. The van der Waals surface area contributed by atoms with Gasteiger partial charge in [0.25, 0.3) is 5.69 Å². The second kappa shape index (κ2) is 20.5. The first-order valence-electron chi connectivity index (χ1n) is 21.6. The molecule has 14 nitrogen and oxygen atoms in total. The number of carbonyl (C=O) groups excluding carboxylic acids is 2. The molecule has 0 aromatic heterocycles. The summed E-state index contributed by atoms with van der Waals surface area (Å²) in [4.78, 5) is 44.9. The molecular weight excluding hydrogens is 795 g/mol. The van der Waals surface area contributed by atoms with Crippen molar-refractivity contribution >= 4 is 23.8 Å². The third-order valence-electron chi connectivity index (χ3n) is 11.6. The van der Waals surface area contributed by atoms with Crippen LogP contribution in [-0.4, -0.2) is 81.9 Å². The van der Waals surface area contributed by atoms with Crippen LogP contribution in [0.1, 0.15) is 101 Å². The molecule has 6 unspecified atom stereocenters. The second-order valence-corrected chi connectivity index (χ2v) is 17.1. The van der Waals surface area contributed by atoms with Crippen LogP contribution in [0, 0.1) is 27.9 Å². The maximum Gasteiger partial charge on any atom is 0.415 e. The number of benzene rings is 3. The second-order valence-electron chi connectivity index (χ2n) is 17.1. The van der Waals surface area contributed by atoms with Crippen molar-refractivity contribution in [1.82, 2.24) is 4.90 Å². The van der Waals surface area contributed by atoms with E-state index in [1.54, 1.807) is 35.2 Å². The zero-order valence-corrected chi connectivity index (χ0v) is 36.1. The number of fused-ring (bicyclic) bond motifs is 2. The summed E-state index contributed by atoms with van der Waals surface area (Å²) >= 11 is 0. The van der Waals surface area contributed by atoms with Gasteiger partial charge in [-0.05, 0) is 113 Å². The van der Waals surface area contributed by atoms with Crippen molar-refractivity contribution in [3.8, 4) is 23.0 Å². The van der Waals surface area contributed by atoms with Gasteiger partial charge in [0.05, 0.1) is 23.2 Å². The number of hydrogen-bond acceptors (Lipinski definition) is 12. The lowest BCUT2D eigenvalue weighted by atomic mass is 9.55. The monoisotopic (exact) mass is 853 g/mol. The van der Waals surface area contributed by atoms with Crippen LogP contribution in [0.3, 0.4) is 0 Å². The van der Waals surface area contributed by atoms with Gasteiger partial charge in [-0.15, -0.1) is 6.58 Å². The lowest BCUT2D eigenvalue weighted by Gasteiger charge is -2.60. The fourth-order valence-corrected chi connectivity index (χ4v) is 9.10. The predicted molar refractivity (Wildman–Crippen MR) is 234 cm³/mol. The van der Waals surface area contributed by atoms with Crippen LogP contribution in [0.2, 0.25) is 0 Å². The van der Waals surface area contributed by atoms with E-state index in [4.69, 9.17) is 28.9 Å². The van der Waals surface area contributed by atoms with Crippen molar-refractivity contribution in [2.75, 3.05) is 26.4 Å². The number of aliphatic hydroxyl groups excluding tert-OH is 2.